The van der Waals surface area contributed by atoms with Gasteiger partial charge < -0.3 is 13.5 Å². The Hall–Kier alpha value is -3.13. The van der Waals surface area contributed by atoms with E-state index in [-0.39, 0.29) is 36.3 Å². The van der Waals surface area contributed by atoms with E-state index < -0.39 is 15.4 Å². The van der Waals surface area contributed by atoms with E-state index >= 15 is 0 Å². The molecule has 1 amide bonds. The largest absolute Gasteiger partial charge is 0.459 e. The van der Waals surface area contributed by atoms with Crippen LogP contribution in [0.5, 0.6) is 5.75 Å². The number of hydrogen-bond acceptors (Lipinski definition) is 5. The zero-order valence-electron chi connectivity index (χ0n) is 16.6. The normalized spacial score (nSPS) is 11.5. The van der Waals surface area contributed by atoms with Crippen molar-refractivity contribution in [3.05, 3.63) is 89.6 Å². The number of rotatable bonds is 8. The van der Waals surface area contributed by atoms with Gasteiger partial charge in [-0.15, -0.1) is 0 Å². The standard InChI is InChI=1S/C22H22FNO5S/c1-16(2)30(26,27)29-20-6-3-5-18(13-20)15-24(22(25)21-7-4-12-28-21)14-17-8-10-19(23)11-9-17/h3-13,16H,14-15H2,1-2H3. The average Bonchev–Trinajstić information content (AvgIpc) is 3.23. The maximum absolute atomic E-state index is 13.2. The van der Waals surface area contributed by atoms with Crippen LogP contribution in [0.2, 0.25) is 0 Å². The van der Waals surface area contributed by atoms with Gasteiger partial charge in [-0.25, -0.2) is 4.39 Å². The second kappa shape index (κ2) is 9.13. The molecule has 0 N–H and O–H groups in total. The van der Waals surface area contributed by atoms with Gasteiger partial charge in [0.1, 0.15) is 11.6 Å². The van der Waals surface area contributed by atoms with Crippen molar-refractivity contribution < 1.29 is 26.2 Å². The van der Waals surface area contributed by atoms with Gasteiger partial charge in [-0.2, -0.15) is 8.42 Å². The number of carbonyl (C=O) groups is 1. The number of nitrogens with zero attached hydrogens (tertiary/aromatic N) is 1. The van der Waals surface area contributed by atoms with E-state index in [4.69, 9.17) is 8.60 Å². The van der Waals surface area contributed by atoms with E-state index in [1.165, 1.54) is 37.1 Å². The predicted octanol–water partition coefficient (Wildman–Crippen LogP) is 4.38. The molecule has 30 heavy (non-hydrogen) atoms. The van der Waals surface area contributed by atoms with Gasteiger partial charge in [0.2, 0.25) is 0 Å². The molecule has 0 aliphatic heterocycles. The molecule has 1 heterocycles. The van der Waals surface area contributed by atoms with Crippen molar-refractivity contribution in [1.82, 2.24) is 4.90 Å². The van der Waals surface area contributed by atoms with Crippen LogP contribution in [0, 0.1) is 5.82 Å². The second-order valence-electron chi connectivity index (χ2n) is 7.04. The maximum atomic E-state index is 13.2. The summed E-state index contributed by atoms with van der Waals surface area (Å²) in [6.07, 6.45) is 1.41. The number of benzene rings is 2. The van der Waals surface area contributed by atoms with E-state index in [2.05, 4.69) is 0 Å². The topological polar surface area (TPSA) is 76.8 Å². The molecule has 0 saturated heterocycles. The van der Waals surface area contributed by atoms with Crippen LogP contribution in [-0.4, -0.2) is 24.5 Å². The van der Waals surface area contributed by atoms with Crippen LogP contribution in [0.1, 0.15) is 35.5 Å². The van der Waals surface area contributed by atoms with Crippen LogP contribution in [0.4, 0.5) is 4.39 Å². The molecule has 0 saturated carbocycles. The summed E-state index contributed by atoms with van der Waals surface area (Å²) in [5.41, 5.74) is 1.42. The lowest BCUT2D eigenvalue weighted by Crippen LogP contribution is -2.30. The van der Waals surface area contributed by atoms with E-state index in [0.717, 1.165) is 5.56 Å². The minimum Gasteiger partial charge on any atom is -0.459 e. The van der Waals surface area contributed by atoms with Crippen LogP contribution < -0.4 is 4.18 Å². The molecule has 3 aromatic rings. The Morgan fingerprint density at radius 2 is 1.73 bits per heavy atom. The molecule has 0 aliphatic rings. The van der Waals surface area contributed by atoms with Crippen molar-refractivity contribution in [3.63, 3.8) is 0 Å². The molecule has 0 radical (unpaired) electrons. The molecule has 6 nitrogen and oxygen atoms in total. The first-order chi connectivity index (χ1) is 14.2. The second-order valence-corrected chi connectivity index (χ2v) is 9.13. The molecule has 158 valence electrons. The van der Waals surface area contributed by atoms with Gasteiger partial charge in [-0.1, -0.05) is 24.3 Å². The molecular weight excluding hydrogens is 409 g/mol. The summed E-state index contributed by atoms with van der Waals surface area (Å²) in [4.78, 5) is 14.4. The maximum Gasteiger partial charge on any atom is 0.311 e. The molecular formula is C22H22FNO5S. The van der Waals surface area contributed by atoms with Gasteiger partial charge in [-0.3, -0.25) is 4.79 Å². The smallest absolute Gasteiger partial charge is 0.311 e. The third-order valence-electron chi connectivity index (χ3n) is 4.37. The Kier molecular flexibility index (Phi) is 6.56. The van der Waals surface area contributed by atoms with Gasteiger partial charge in [0.15, 0.2) is 5.76 Å². The quantitative estimate of drug-likeness (QED) is 0.495. The van der Waals surface area contributed by atoms with Crippen LogP contribution >= 0.6 is 0 Å². The Balaban J connectivity index is 1.84. The highest BCUT2D eigenvalue weighted by Gasteiger charge is 2.21. The Morgan fingerprint density at radius 3 is 2.37 bits per heavy atom. The van der Waals surface area contributed by atoms with Crippen molar-refractivity contribution in [2.24, 2.45) is 0 Å². The molecule has 0 atom stereocenters. The molecule has 3 rings (SSSR count). The van der Waals surface area contributed by atoms with Gasteiger partial charge >= 0.3 is 10.1 Å². The highest BCUT2D eigenvalue weighted by Crippen LogP contribution is 2.21. The van der Waals surface area contributed by atoms with Crippen LogP contribution in [-0.2, 0) is 23.2 Å². The van der Waals surface area contributed by atoms with E-state index in [9.17, 15) is 17.6 Å². The Morgan fingerprint density at radius 1 is 1.03 bits per heavy atom. The minimum absolute atomic E-state index is 0.173. The zero-order chi connectivity index (χ0) is 21.7. The summed E-state index contributed by atoms with van der Waals surface area (Å²) in [7, 11) is -3.73. The third-order valence-corrected chi connectivity index (χ3v) is 5.95. The number of carbonyl (C=O) groups excluding carboxylic acids is 1. The summed E-state index contributed by atoms with van der Waals surface area (Å²) >= 11 is 0. The van der Waals surface area contributed by atoms with Gasteiger partial charge in [0, 0.05) is 13.1 Å². The van der Waals surface area contributed by atoms with Gasteiger partial charge in [-0.05, 0) is 61.4 Å². The molecule has 0 aliphatic carbocycles. The zero-order valence-corrected chi connectivity index (χ0v) is 17.4. The highest BCUT2D eigenvalue weighted by atomic mass is 32.2. The van der Waals surface area contributed by atoms with Crippen LogP contribution in [0.3, 0.4) is 0 Å². The number of furan rings is 1. The van der Waals surface area contributed by atoms with E-state index in [1.807, 2.05) is 0 Å². The molecule has 8 heteroatoms. The summed E-state index contributed by atoms with van der Waals surface area (Å²) in [5, 5.41) is -0.684. The lowest BCUT2D eigenvalue weighted by molar-refractivity contribution is 0.0697. The van der Waals surface area contributed by atoms with Crippen molar-refractivity contribution in [2.75, 3.05) is 0 Å². The predicted molar refractivity (Wildman–Crippen MR) is 110 cm³/mol. The summed E-state index contributed by atoms with van der Waals surface area (Å²) in [5.74, 6) is -0.357. The van der Waals surface area contributed by atoms with Crippen molar-refractivity contribution in [2.45, 2.75) is 32.2 Å². The van der Waals surface area contributed by atoms with Gasteiger partial charge in [0.25, 0.3) is 5.91 Å². The monoisotopic (exact) mass is 431 g/mol. The Bertz CT molecular complexity index is 1090. The lowest BCUT2D eigenvalue weighted by Gasteiger charge is -2.22. The fourth-order valence-electron chi connectivity index (χ4n) is 2.71. The van der Waals surface area contributed by atoms with E-state index in [0.29, 0.717) is 5.56 Å². The lowest BCUT2D eigenvalue weighted by atomic mass is 10.1. The third kappa shape index (κ3) is 5.48. The fraction of sp³-hybridized carbons (Fsp3) is 0.227. The van der Waals surface area contributed by atoms with Crippen molar-refractivity contribution >= 4 is 16.0 Å². The molecule has 0 bridgehead atoms. The first-order valence-corrected chi connectivity index (χ1v) is 10.8. The molecule has 0 spiro atoms. The number of halogens is 1. The Labute approximate surface area is 175 Å². The summed E-state index contributed by atoms with van der Waals surface area (Å²) in [6, 6.07) is 15.6. The summed E-state index contributed by atoms with van der Waals surface area (Å²) in [6.45, 7) is 3.46. The fourth-order valence-corrected chi connectivity index (χ4v) is 3.28. The minimum atomic E-state index is -3.73. The SMILES string of the molecule is CC(C)S(=O)(=O)Oc1cccc(CN(Cc2ccc(F)cc2)C(=O)c2ccco2)c1. The molecule has 2 aromatic carbocycles. The first-order valence-electron chi connectivity index (χ1n) is 9.34. The number of hydrogen-bond donors (Lipinski definition) is 0. The van der Waals surface area contributed by atoms with Crippen molar-refractivity contribution in [3.8, 4) is 5.75 Å². The first kappa shape index (κ1) is 21.6. The number of amides is 1. The molecule has 0 fully saturated rings. The average molecular weight is 431 g/mol. The van der Waals surface area contributed by atoms with Crippen LogP contribution in [0.15, 0.2) is 71.3 Å². The van der Waals surface area contributed by atoms with E-state index in [1.54, 1.807) is 48.5 Å². The molecule has 0 unspecified atom stereocenters. The van der Waals surface area contributed by atoms with Crippen LogP contribution in [0.25, 0.3) is 0 Å². The van der Waals surface area contributed by atoms with Gasteiger partial charge in [0.05, 0.1) is 11.5 Å². The van der Waals surface area contributed by atoms with Crippen molar-refractivity contribution in [1.29, 1.82) is 0 Å². The molecule has 1 aromatic heterocycles. The highest BCUT2D eigenvalue weighted by molar-refractivity contribution is 7.87. The summed E-state index contributed by atoms with van der Waals surface area (Å²) < 4.78 is 47.7.